The third-order valence-electron chi connectivity index (χ3n) is 5.36. The summed E-state index contributed by atoms with van der Waals surface area (Å²) in [5.41, 5.74) is 8.46. The van der Waals surface area contributed by atoms with Crippen molar-refractivity contribution < 1.29 is 18.4 Å². The monoisotopic (exact) mass is 464 g/mol. The number of hydrogen-bond acceptors (Lipinski definition) is 5. The van der Waals surface area contributed by atoms with Crippen LogP contribution in [0.5, 0.6) is 0 Å². The molecule has 2 aromatic carbocycles. The second-order valence-electron chi connectivity index (χ2n) is 8.07. The molecular formula is C24H22F2N6O2. The van der Waals surface area contributed by atoms with E-state index in [0.29, 0.717) is 33.4 Å². The molecule has 10 heteroatoms. The van der Waals surface area contributed by atoms with Crippen molar-refractivity contribution in [3.8, 4) is 0 Å². The van der Waals surface area contributed by atoms with Crippen LogP contribution < -0.4 is 16.4 Å². The quantitative estimate of drug-likeness (QED) is 0.357. The van der Waals surface area contributed by atoms with Gasteiger partial charge in [0.2, 0.25) is 0 Å². The van der Waals surface area contributed by atoms with Gasteiger partial charge >= 0.3 is 6.03 Å². The van der Waals surface area contributed by atoms with Gasteiger partial charge in [0, 0.05) is 35.2 Å². The highest BCUT2D eigenvalue weighted by atomic mass is 19.2. The number of aryl methyl sites for hydroxylation is 1. The average Bonchev–Trinajstić information content (AvgIpc) is 3.18. The van der Waals surface area contributed by atoms with Gasteiger partial charge in [-0.25, -0.2) is 23.5 Å². The minimum atomic E-state index is -1.08. The van der Waals surface area contributed by atoms with Crippen molar-refractivity contribution in [2.24, 2.45) is 0 Å². The zero-order valence-electron chi connectivity index (χ0n) is 18.7. The van der Waals surface area contributed by atoms with Gasteiger partial charge < -0.3 is 20.9 Å². The van der Waals surface area contributed by atoms with Crippen LogP contribution in [0.3, 0.4) is 0 Å². The van der Waals surface area contributed by atoms with Gasteiger partial charge in [0.15, 0.2) is 17.4 Å². The van der Waals surface area contributed by atoms with E-state index in [4.69, 9.17) is 5.73 Å². The first-order chi connectivity index (χ1) is 16.2. The first-order valence-electron chi connectivity index (χ1n) is 10.4. The number of urea groups is 1. The minimum absolute atomic E-state index is 0.0347. The van der Waals surface area contributed by atoms with Gasteiger partial charge in [0.1, 0.15) is 17.8 Å². The van der Waals surface area contributed by atoms with Crippen LogP contribution in [-0.2, 0) is 0 Å². The Balaban J connectivity index is 1.64. The van der Waals surface area contributed by atoms with Crippen molar-refractivity contribution in [3.63, 3.8) is 0 Å². The molecule has 0 bridgehead atoms. The summed E-state index contributed by atoms with van der Waals surface area (Å²) in [6, 6.07) is 7.25. The van der Waals surface area contributed by atoms with Crippen LogP contribution in [0.1, 0.15) is 41.4 Å². The Bertz CT molecular complexity index is 1430. The van der Waals surface area contributed by atoms with Gasteiger partial charge in [-0.2, -0.15) is 0 Å². The molecule has 174 valence electrons. The van der Waals surface area contributed by atoms with Crippen LogP contribution in [-0.4, -0.2) is 26.3 Å². The Morgan fingerprint density at radius 2 is 1.65 bits per heavy atom. The molecule has 0 spiro atoms. The summed E-state index contributed by atoms with van der Waals surface area (Å²) >= 11 is 0. The standard InChI is InChI=1S/C24H22F2N6O2/c1-12(2)32-10-17(20-22(27)28-11-29-23(20)32)21(33)16-8-14(5-4-13(16)3)30-24(34)31-15-6-7-18(25)19(26)9-15/h4-12H,1-3H3,(H2,27,28,29)(H2,30,31,34). The van der Waals surface area contributed by atoms with E-state index in [0.717, 1.165) is 12.1 Å². The fourth-order valence-corrected chi connectivity index (χ4v) is 3.63. The van der Waals surface area contributed by atoms with E-state index < -0.39 is 17.7 Å². The van der Waals surface area contributed by atoms with Gasteiger partial charge in [-0.15, -0.1) is 0 Å². The molecule has 4 N–H and O–H groups in total. The molecule has 4 rings (SSSR count). The summed E-state index contributed by atoms with van der Waals surface area (Å²) in [5, 5.41) is 5.49. The highest BCUT2D eigenvalue weighted by molar-refractivity contribution is 6.19. The number of amides is 2. The van der Waals surface area contributed by atoms with Crippen LogP contribution in [0.2, 0.25) is 0 Å². The summed E-state index contributed by atoms with van der Waals surface area (Å²) in [5.74, 6) is -2.19. The van der Waals surface area contributed by atoms with E-state index in [9.17, 15) is 18.4 Å². The zero-order valence-corrected chi connectivity index (χ0v) is 18.7. The summed E-state index contributed by atoms with van der Waals surface area (Å²) in [4.78, 5) is 34.2. The number of nitrogen functional groups attached to an aromatic ring is 1. The molecule has 0 saturated carbocycles. The van der Waals surface area contributed by atoms with Gasteiger partial charge in [-0.1, -0.05) is 6.07 Å². The number of carbonyl (C=O) groups excluding carboxylic acids is 2. The topological polar surface area (TPSA) is 115 Å². The average molecular weight is 464 g/mol. The fourth-order valence-electron chi connectivity index (χ4n) is 3.63. The summed E-state index contributed by atoms with van der Waals surface area (Å²) in [6.07, 6.45) is 3.06. The van der Waals surface area contributed by atoms with Crippen LogP contribution in [0.25, 0.3) is 11.0 Å². The van der Waals surface area contributed by atoms with Crippen molar-refractivity contribution >= 4 is 40.0 Å². The van der Waals surface area contributed by atoms with E-state index in [1.54, 1.807) is 31.3 Å². The number of nitrogens with zero attached hydrogens (tertiary/aromatic N) is 3. The number of carbonyl (C=O) groups is 2. The predicted octanol–water partition coefficient (Wildman–Crippen LogP) is 5.06. The number of ketones is 1. The van der Waals surface area contributed by atoms with Crippen molar-refractivity contribution in [1.82, 2.24) is 14.5 Å². The molecule has 4 aromatic rings. The molecule has 0 fully saturated rings. The lowest BCUT2D eigenvalue weighted by molar-refractivity contribution is 0.103. The summed E-state index contributed by atoms with van der Waals surface area (Å²) < 4.78 is 28.3. The molecule has 2 heterocycles. The Hall–Kier alpha value is -4.34. The number of halogens is 2. The Morgan fingerprint density at radius 1 is 0.971 bits per heavy atom. The Morgan fingerprint density at radius 3 is 2.32 bits per heavy atom. The lowest BCUT2D eigenvalue weighted by Crippen LogP contribution is -2.20. The number of fused-ring (bicyclic) bond motifs is 1. The minimum Gasteiger partial charge on any atom is -0.383 e. The van der Waals surface area contributed by atoms with Crippen LogP contribution in [0.15, 0.2) is 48.9 Å². The summed E-state index contributed by atoms with van der Waals surface area (Å²) in [7, 11) is 0. The maximum atomic E-state index is 13.5. The molecule has 0 atom stereocenters. The Kier molecular flexibility index (Phi) is 5.97. The Labute approximate surface area is 193 Å². The smallest absolute Gasteiger partial charge is 0.323 e. The highest BCUT2D eigenvalue weighted by Gasteiger charge is 2.22. The lowest BCUT2D eigenvalue weighted by atomic mass is 9.98. The van der Waals surface area contributed by atoms with Gasteiger partial charge in [0.05, 0.1) is 10.9 Å². The molecular weight excluding hydrogens is 442 g/mol. The number of hydrogen-bond donors (Lipinski definition) is 3. The van der Waals surface area contributed by atoms with Gasteiger partial charge in [0.25, 0.3) is 0 Å². The SMILES string of the molecule is Cc1ccc(NC(=O)Nc2ccc(F)c(F)c2)cc1C(=O)c1cn(C(C)C)c2ncnc(N)c12. The number of aromatic nitrogens is 3. The molecule has 0 unspecified atom stereocenters. The molecule has 0 aliphatic heterocycles. The molecule has 0 aliphatic carbocycles. The van der Waals surface area contributed by atoms with Crippen molar-refractivity contribution in [2.75, 3.05) is 16.4 Å². The summed E-state index contributed by atoms with van der Waals surface area (Å²) in [6.45, 7) is 5.71. The van der Waals surface area contributed by atoms with E-state index in [1.807, 2.05) is 18.4 Å². The molecule has 2 aromatic heterocycles. The second kappa shape index (κ2) is 8.89. The molecule has 2 amide bonds. The predicted molar refractivity (Wildman–Crippen MR) is 126 cm³/mol. The van der Waals surface area contributed by atoms with Crippen molar-refractivity contribution in [1.29, 1.82) is 0 Å². The van der Waals surface area contributed by atoms with Crippen LogP contribution in [0, 0.1) is 18.6 Å². The fraction of sp³-hybridized carbons (Fsp3) is 0.167. The largest absolute Gasteiger partial charge is 0.383 e. The molecule has 34 heavy (non-hydrogen) atoms. The van der Waals surface area contributed by atoms with E-state index in [1.165, 1.54) is 12.4 Å². The number of anilines is 3. The molecule has 0 aliphatic rings. The number of nitrogens with two attached hydrogens (primary N) is 1. The maximum absolute atomic E-state index is 13.5. The molecule has 0 saturated heterocycles. The van der Waals surface area contributed by atoms with E-state index >= 15 is 0 Å². The first-order valence-corrected chi connectivity index (χ1v) is 10.4. The third-order valence-corrected chi connectivity index (χ3v) is 5.36. The number of nitrogens with one attached hydrogen (secondary N) is 2. The van der Waals surface area contributed by atoms with Gasteiger partial charge in [-0.05, 0) is 50.6 Å². The normalized spacial score (nSPS) is 11.1. The number of rotatable bonds is 5. The van der Waals surface area contributed by atoms with Crippen LogP contribution >= 0.6 is 0 Å². The van der Waals surface area contributed by atoms with Crippen molar-refractivity contribution in [3.05, 3.63) is 77.2 Å². The highest BCUT2D eigenvalue weighted by Crippen LogP contribution is 2.30. The zero-order chi connectivity index (χ0) is 24.6. The molecule has 0 radical (unpaired) electrons. The second-order valence-corrected chi connectivity index (χ2v) is 8.07. The lowest BCUT2D eigenvalue weighted by Gasteiger charge is -2.11. The van der Waals surface area contributed by atoms with E-state index in [2.05, 4.69) is 20.6 Å². The maximum Gasteiger partial charge on any atom is 0.323 e. The first kappa shape index (κ1) is 22.8. The number of benzene rings is 2. The van der Waals surface area contributed by atoms with Crippen molar-refractivity contribution in [2.45, 2.75) is 26.8 Å². The van der Waals surface area contributed by atoms with E-state index in [-0.39, 0.29) is 23.3 Å². The van der Waals surface area contributed by atoms with Crippen LogP contribution in [0.4, 0.5) is 30.8 Å². The molecule has 8 nitrogen and oxygen atoms in total. The third kappa shape index (κ3) is 4.29. The van der Waals surface area contributed by atoms with Gasteiger partial charge in [-0.3, -0.25) is 4.79 Å².